The predicted octanol–water partition coefficient (Wildman–Crippen LogP) is 8.44. The molecule has 0 aliphatic carbocycles. The Morgan fingerprint density at radius 1 is 0.971 bits per heavy atom. The number of anilines is 1. The molecule has 0 aromatic heterocycles. The molecule has 0 aliphatic heterocycles. The number of rotatable bonds is 6. The van der Waals surface area contributed by atoms with Crippen LogP contribution >= 0.6 is 46.4 Å². The van der Waals surface area contributed by atoms with Crippen molar-refractivity contribution >= 4 is 64.1 Å². The second kappa shape index (κ2) is 11.2. The van der Waals surface area contributed by atoms with Gasteiger partial charge in [0.05, 0.1) is 25.7 Å². The summed E-state index contributed by atoms with van der Waals surface area (Å²) in [5.41, 5.74) is -0.411. The molecule has 180 valence electrons. The Balaban J connectivity index is 1.77. The van der Waals surface area contributed by atoms with E-state index in [1.54, 1.807) is 24.3 Å². The van der Waals surface area contributed by atoms with E-state index in [1.165, 1.54) is 24.3 Å². The molecule has 0 unspecified atom stereocenters. The van der Waals surface area contributed by atoms with E-state index in [1.807, 2.05) is 0 Å². The molecule has 0 fully saturated rings. The molecule has 1 amide bonds. The van der Waals surface area contributed by atoms with Crippen LogP contribution in [-0.2, 0) is 17.6 Å². The van der Waals surface area contributed by atoms with Crippen molar-refractivity contribution in [2.75, 3.05) is 5.32 Å². The van der Waals surface area contributed by atoms with Crippen molar-refractivity contribution in [3.05, 3.63) is 97.0 Å². The minimum atomic E-state index is -4.58. The topological polar surface area (TPSA) is 62.1 Å². The number of ether oxygens (including phenoxy) is 1. The maximum Gasteiger partial charge on any atom is 0.416 e. The molecule has 3 rings (SSSR count). The van der Waals surface area contributed by atoms with Gasteiger partial charge in [-0.1, -0.05) is 58.5 Å². The van der Waals surface area contributed by atoms with Crippen LogP contribution in [0.4, 0.5) is 18.9 Å². The summed E-state index contributed by atoms with van der Waals surface area (Å²) < 4.78 is 44.3. The molecule has 0 radical (unpaired) electrons. The van der Waals surface area contributed by atoms with Gasteiger partial charge in [0.1, 0.15) is 18.2 Å². The summed E-state index contributed by atoms with van der Waals surface area (Å²) in [6.45, 7) is 0.0916. The number of hydrogen-bond acceptors (Lipinski definition) is 3. The Hall–Kier alpha value is -2.89. The van der Waals surface area contributed by atoms with Crippen LogP contribution in [0.1, 0.15) is 16.7 Å². The Kier molecular flexibility index (Phi) is 8.57. The van der Waals surface area contributed by atoms with E-state index in [9.17, 15) is 23.2 Å². The average molecular weight is 560 g/mol. The first-order valence-corrected chi connectivity index (χ1v) is 11.2. The van der Waals surface area contributed by atoms with Crippen LogP contribution in [0, 0.1) is 11.3 Å². The summed E-state index contributed by atoms with van der Waals surface area (Å²) in [5.74, 6) is -0.734. The molecule has 0 atom stereocenters. The smallest absolute Gasteiger partial charge is 0.416 e. The van der Waals surface area contributed by atoms with Crippen LogP contribution in [0.5, 0.6) is 5.75 Å². The molecule has 0 spiro atoms. The van der Waals surface area contributed by atoms with E-state index >= 15 is 0 Å². The number of alkyl halides is 3. The first-order chi connectivity index (χ1) is 16.5. The molecule has 35 heavy (non-hydrogen) atoms. The van der Waals surface area contributed by atoms with E-state index in [-0.39, 0.29) is 33.7 Å². The van der Waals surface area contributed by atoms with Crippen molar-refractivity contribution < 1.29 is 22.7 Å². The van der Waals surface area contributed by atoms with Crippen molar-refractivity contribution in [3.8, 4) is 11.8 Å². The van der Waals surface area contributed by atoms with Gasteiger partial charge in [-0.25, -0.2) is 0 Å². The third-order valence-electron chi connectivity index (χ3n) is 4.51. The van der Waals surface area contributed by atoms with Gasteiger partial charge in [0.25, 0.3) is 5.91 Å². The summed E-state index contributed by atoms with van der Waals surface area (Å²) >= 11 is 24.4. The van der Waals surface area contributed by atoms with Crippen LogP contribution in [-0.4, -0.2) is 5.91 Å². The molecular weight excluding hydrogens is 547 g/mol. The number of benzene rings is 3. The molecule has 4 nitrogen and oxygen atoms in total. The van der Waals surface area contributed by atoms with Gasteiger partial charge < -0.3 is 10.1 Å². The van der Waals surface area contributed by atoms with Crippen molar-refractivity contribution in [1.29, 1.82) is 5.26 Å². The maximum absolute atomic E-state index is 12.9. The largest absolute Gasteiger partial charge is 0.486 e. The fourth-order valence-electron chi connectivity index (χ4n) is 2.87. The zero-order valence-electron chi connectivity index (χ0n) is 17.4. The number of carbonyl (C=O) groups is 1. The minimum absolute atomic E-state index is 0.0916. The summed E-state index contributed by atoms with van der Waals surface area (Å²) in [6.07, 6.45) is -3.38. The fourth-order valence-corrected chi connectivity index (χ4v) is 3.81. The lowest BCUT2D eigenvalue weighted by molar-refractivity contribution is -0.137. The summed E-state index contributed by atoms with van der Waals surface area (Å²) in [5, 5.41) is 12.6. The van der Waals surface area contributed by atoms with Gasteiger partial charge in [-0.3, -0.25) is 4.79 Å². The second-order valence-electron chi connectivity index (χ2n) is 7.05. The number of nitrogens with one attached hydrogen (secondary N) is 1. The summed E-state index contributed by atoms with van der Waals surface area (Å²) in [7, 11) is 0. The zero-order valence-corrected chi connectivity index (χ0v) is 20.4. The molecule has 0 heterocycles. The highest BCUT2D eigenvalue weighted by molar-refractivity contribution is 6.42. The molecule has 0 bridgehead atoms. The predicted molar refractivity (Wildman–Crippen MR) is 131 cm³/mol. The van der Waals surface area contributed by atoms with E-state index in [4.69, 9.17) is 51.1 Å². The standard InChI is InChI=1S/C24H13Cl4F3N2O2/c25-18-5-4-13(7-19(18)26)12-35-22-20(27)8-14(9-21(22)28)6-15(11-32)23(34)33-17-3-1-2-16(10-17)24(29,30)31/h1-10H,12H2,(H,33,34)/b15-6-. The van der Waals surface area contributed by atoms with Crippen molar-refractivity contribution in [2.45, 2.75) is 12.8 Å². The van der Waals surface area contributed by atoms with Gasteiger partial charge in [0, 0.05) is 5.69 Å². The Labute approximate surface area is 218 Å². The van der Waals surface area contributed by atoms with Gasteiger partial charge in [-0.05, 0) is 59.7 Å². The first-order valence-electron chi connectivity index (χ1n) is 9.64. The number of halogens is 7. The number of hydrogen-bond donors (Lipinski definition) is 1. The lowest BCUT2D eigenvalue weighted by atomic mass is 10.1. The highest BCUT2D eigenvalue weighted by Gasteiger charge is 2.30. The van der Waals surface area contributed by atoms with Gasteiger partial charge in [0.2, 0.25) is 0 Å². The van der Waals surface area contributed by atoms with Gasteiger partial charge in [0.15, 0.2) is 5.75 Å². The van der Waals surface area contributed by atoms with E-state index in [0.29, 0.717) is 21.2 Å². The quantitative estimate of drug-likeness (QED) is 0.243. The summed E-state index contributed by atoms with van der Waals surface area (Å²) in [6, 6.07) is 13.6. The number of nitrogens with zero attached hydrogens (tertiary/aromatic N) is 1. The molecule has 0 aliphatic rings. The normalized spacial score (nSPS) is 11.7. The van der Waals surface area contributed by atoms with Gasteiger partial charge >= 0.3 is 6.18 Å². The van der Waals surface area contributed by atoms with E-state index < -0.39 is 17.6 Å². The Morgan fingerprint density at radius 2 is 1.66 bits per heavy atom. The van der Waals surface area contributed by atoms with Crippen molar-refractivity contribution in [1.82, 2.24) is 0 Å². The Bertz CT molecular complexity index is 1330. The lowest BCUT2D eigenvalue weighted by Gasteiger charge is -2.12. The van der Waals surface area contributed by atoms with Gasteiger partial charge in [-0.15, -0.1) is 0 Å². The molecule has 0 saturated carbocycles. The lowest BCUT2D eigenvalue weighted by Crippen LogP contribution is -2.14. The summed E-state index contributed by atoms with van der Waals surface area (Å²) in [4.78, 5) is 12.5. The minimum Gasteiger partial charge on any atom is -0.486 e. The molecular formula is C24H13Cl4F3N2O2. The highest BCUT2D eigenvalue weighted by atomic mass is 35.5. The molecule has 3 aromatic carbocycles. The van der Waals surface area contributed by atoms with Crippen molar-refractivity contribution in [2.24, 2.45) is 0 Å². The van der Waals surface area contributed by atoms with Crippen LogP contribution in [0.2, 0.25) is 20.1 Å². The van der Waals surface area contributed by atoms with Crippen LogP contribution < -0.4 is 10.1 Å². The molecule has 1 N–H and O–H groups in total. The fraction of sp³-hybridized carbons (Fsp3) is 0.0833. The molecule has 11 heteroatoms. The van der Waals surface area contributed by atoms with Crippen LogP contribution in [0.3, 0.4) is 0 Å². The number of amides is 1. The number of carbonyl (C=O) groups excluding carboxylic acids is 1. The molecule has 0 saturated heterocycles. The maximum atomic E-state index is 12.9. The number of nitriles is 1. The van der Waals surface area contributed by atoms with E-state index in [0.717, 1.165) is 18.2 Å². The van der Waals surface area contributed by atoms with Gasteiger partial charge in [-0.2, -0.15) is 18.4 Å². The SMILES string of the molecule is N#C/C(=C/c1cc(Cl)c(OCc2ccc(Cl)c(Cl)c2)c(Cl)c1)C(=O)Nc1cccc(C(F)(F)F)c1. The zero-order chi connectivity index (χ0) is 25.8. The van der Waals surface area contributed by atoms with Crippen LogP contribution in [0.25, 0.3) is 6.08 Å². The average Bonchev–Trinajstić information content (AvgIpc) is 2.78. The van der Waals surface area contributed by atoms with Crippen molar-refractivity contribution in [3.63, 3.8) is 0 Å². The van der Waals surface area contributed by atoms with Crippen LogP contribution in [0.15, 0.2) is 60.2 Å². The Morgan fingerprint density at radius 3 is 2.26 bits per heavy atom. The third kappa shape index (κ3) is 7.06. The highest BCUT2D eigenvalue weighted by Crippen LogP contribution is 2.36. The molecule has 3 aromatic rings. The van der Waals surface area contributed by atoms with E-state index in [2.05, 4.69) is 5.32 Å². The monoisotopic (exact) mass is 558 g/mol. The third-order valence-corrected chi connectivity index (χ3v) is 5.81. The first kappa shape index (κ1) is 26.7. The second-order valence-corrected chi connectivity index (χ2v) is 8.68.